The molecule has 2 N–H and O–H groups in total. The van der Waals surface area contributed by atoms with E-state index in [4.69, 9.17) is 16.3 Å². The van der Waals surface area contributed by atoms with Gasteiger partial charge in [-0.25, -0.2) is 0 Å². The monoisotopic (exact) mass is 557 g/mol. The summed E-state index contributed by atoms with van der Waals surface area (Å²) in [4.78, 5) is 50.5. The van der Waals surface area contributed by atoms with E-state index in [1.165, 1.54) is 0 Å². The molecule has 9 nitrogen and oxygen atoms in total. The first kappa shape index (κ1) is 27.9. The van der Waals surface area contributed by atoms with Gasteiger partial charge in [0.25, 0.3) is 0 Å². The Hall–Kier alpha value is -2.62. The van der Waals surface area contributed by atoms with Crippen molar-refractivity contribution in [2.45, 2.75) is 45.6 Å². The minimum Gasteiger partial charge on any atom is -0.379 e. The van der Waals surface area contributed by atoms with Crippen LogP contribution < -0.4 is 5.32 Å². The number of fused-ring (bicyclic) bond motifs is 5. The second-order valence-corrected chi connectivity index (χ2v) is 11.5. The van der Waals surface area contributed by atoms with E-state index in [1.807, 2.05) is 48.8 Å². The highest BCUT2D eigenvalue weighted by Crippen LogP contribution is 2.50. The number of aromatic amines is 1. The number of nitrogens with zero attached hydrogens (tertiary/aromatic N) is 3. The number of rotatable bonds is 8. The molecule has 2 fully saturated rings. The molecule has 3 aliphatic heterocycles. The molecule has 2 saturated heterocycles. The topological polar surface area (TPSA) is 98.0 Å². The van der Waals surface area contributed by atoms with Crippen LogP contribution in [0.2, 0.25) is 5.02 Å². The maximum absolute atomic E-state index is 14.0. The van der Waals surface area contributed by atoms with E-state index >= 15 is 0 Å². The van der Waals surface area contributed by atoms with E-state index in [0.717, 1.165) is 41.8 Å². The molecule has 0 spiro atoms. The molecule has 0 radical (unpaired) electrons. The summed E-state index contributed by atoms with van der Waals surface area (Å²) >= 11 is 6.33. The Labute approximate surface area is 235 Å². The number of morpholine rings is 1. The minimum absolute atomic E-state index is 0.0299. The zero-order valence-electron chi connectivity index (χ0n) is 23.2. The Kier molecular flexibility index (Phi) is 8.21. The zero-order chi connectivity index (χ0) is 27.7. The summed E-state index contributed by atoms with van der Waals surface area (Å²) in [7, 11) is 0. The third kappa shape index (κ3) is 5.16. The van der Waals surface area contributed by atoms with Crippen molar-refractivity contribution in [3.8, 4) is 0 Å². The predicted octanol–water partition coefficient (Wildman–Crippen LogP) is 2.76. The molecule has 3 atom stereocenters. The number of aromatic nitrogens is 1. The van der Waals surface area contributed by atoms with Gasteiger partial charge in [0.05, 0.1) is 24.7 Å². The van der Waals surface area contributed by atoms with Crippen molar-refractivity contribution in [2.24, 2.45) is 11.8 Å². The lowest BCUT2D eigenvalue weighted by atomic mass is 9.67. The molecule has 1 aromatic carbocycles. The van der Waals surface area contributed by atoms with E-state index in [-0.39, 0.29) is 24.1 Å². The average Bonchev–Trinajstić information content (AvgIpc) is 3.30. The Morgan fingerprint density at radius 1 is 1.21 bits per heavy atom. The summed E-state index contributed by atoms with van der Waals surface area (Å²) in [5.41, 5.74) is 2.16. The highest BCUT2D eigenvalue weighted by Gasteiger charge is 2.57. The number of H-pyrrole nitrogens is 1. The Bertz CT molecular complexity index is 1240. The Balaban J connectivity index is 1.41. The average molecular weight is 558 g/mol. The van der Waals surface area contributed by atoms with Gasteiger partial charge in [-0.2, -0.15) is 0 Å². The second-order valence-electron chi connectivity index (χ2n) is 11.1. The van der Waals surface area contributed by atoms with Gasteiger partial charge >= 0.3 is 0 Å². The molecule has 0 aliphatic carbocycles. The Morgan fingerprint density at radius 3 is 2.67 bits per heavy atom. The number of hydrogen-bond donors (Lipinski definition) is 2. The number of amides is 3. The number of nitrogens with one attached hydrogen (secondary N) is 2. The summed E-state index contributed by atoms with van der Waals surface area (Å²) in [5.74, 6) is -1.17. The van der Waals surface area contributed by atoms with Crippen LogP contribution in [0.4, 0.5) is 0 Å². The van der Waals surface area contributed by atoms with Crippen molar-refractivity contribution < 1.29 is 19.1 Å². The molecule has 2 aromatic rings. The number of ether oxygens (including phenoxy) is 1. The van der Waals surface area contributed by atoms with E-state index < -0.39 is 17.4 Å². The van der Waals surface area contributed by atoms with Gasteiger partial charge in [-0.1, -0.05) is 11.6 Å². The van der Waals surface area contributed by atoms with Crippen LogP contribution in [-0.2, 0) is 31.1 Å². The molecule has 4 heterocycles. The van der Waals surface area contributed by atoms with E-state index in [9.17, 15) is 14.4 Å². The van der Waals surface area contributed by atoms with Gasteiger partial charge in [0, 0.05) is 79.8 Å². The number of piperidine rings is 1. The summed E-state index contributed by atoms with van der Waals surface area (Å²) in [6.07, 6.45) is 1.10. The van der Waals surface area contributed by atoms with Crippen LogP contribution >= 0.6 is 11.6 Å². The van der Waals surface area contributed by atoms with Crippen LogP contribution in [0.3, 0.4) is 0 Å². The smallest absolute Gasteiger partial charge is 0.228 e. The summed E-state index contributed by atoms with van der Waals surface area (Å²) in [6.45, 7) is 12.1. The van der Waals surface area contributed by atoms with Gasteiger partial charge in [0.2, 0.25) is 17.7 Å². The molecule has 3 amide bonds. The lowest BCUT2D eigenvalue weighted by Gasteiger charge is -2.54. The maximum atomic E-state index is 14.0. The normalized spacial score (nSPS) is 25.3. The van der Waals surface area contributed by atoms with Gasteiger partial charge in [-0.3, -0.25) is 19.3 Å². The highest BCUT2D eigenvalue weighted by atomic mass is 35.5. The Morgan fingerprint density at radius 2 is 1.95 bits per heavy atom. The van der Waals surface area contributed by atoms with Crippen LogP contribution in [-0.4, -0.2) is 96.4 Å². The molecule has 0 bridgehead atoms. The van der Waals surface area contributed by atoms with Crippen molar-refractivity contribution >= 4 is 40.2 Å². The molecule has 5 rings (SSSR count). The molecule has 39 heavy (non-hydrogen) atoms. The van der Waals surface area contributed by atoms with Gasteiger partial charge in [-0.05, 0) is 57.4 Å². The molecular weight excluding hydrogens is 518 g/mol. The van der Waals surface area contributed by atoms with Crippen molar-refractivity contribution in [2.75, 3.05) is 59.0 Å². The van der Waals surface area contributed by atoms with Crippen molar-refractivity contribution in [3.63, 3.8) is 0 Å². The van der Waals surface area contributed by atoms with Gasteiger partial charge in [0.15, 0.2) is 0 Å². The quantitative estimate of drug-likeness (QED) is 0.520. The van der Waals surface area contributed by atoms with Crippen LogP contribution in [0.1, 0.15) is 44.9 Å². The molecule has 0 unspecified atom stereocenters. The minimum atomic E-state index is -0.834. The summed E-state index contributed by atoms with van der Waals surface area (Å²) in [6, 6.07) is 5.77. The van der Waals surface area contributed by atoms with Crippen molar-refractivity contribution in [3.05, 3.63) is 34.5 Å². The fourth-order valence-electron chi connectivity index (χ4n) is 6.78. The second kappa shape index (κ2) is 11.5. The first-order chi connectivity index (χ1) is 18.8. The molecular formula is C29H40ClN5O4. The molecule has 212 valence electrons. The van der Waals surface area contributed by atoms with Gasteiger partial charge in [0.1, 0.15) is 0 Å². The van der Waals surface area contributed by atoms with Crippen LogP contribution in [0, 0.1) is 11.8 Å². The number of carbonyl (C=O) groups excluding carboxylic acids is 3. The largest absolute Gasteiger partial charge is 0.379 e. The first-order valence-corrected chi connectivity index (χ1v) is 14.6. The number of hydrogen-bond acceptors (Lipinski definition) is 5. The van der Waals surface area contributed by atoms with Crippen LogP contribution in [0.5, 0.6) is 0 Å². The SMILES string of the molecule is CCN(CC)C(=O)[C@H]1C[C@H](CC(=O)NCCN2CCOCC2)C(=O)N2CCc3c([nH]c4ccc(Cl)cc34)[C@]12C. The zero-order valence-corrected chi connectivity index (χ0v) is 24.0. The standard InChI is InChI=1S/C29H40ClN5O4/c1-4-34(5-2)28(38)23-16-19(17-25(36)31-9-11-33-12-14-39-15-13-33)27(37)35-10-8-21-22-18-20(30)6-7-24(22)32-26(21)29(23,35)3/h6-7,18-19,23,32H,4-5,8-17H2,1-3H3,(H,31,36)/t19-,23-,29+/m1/s1. The van der Waals surface area contributed by atoms with Gasteiger partial charge < -0.3 is 24.8 Å². The molecule has 1 aromatic heterocycles. The molecule has 0 saturated carbocycles. The molecule has 10 heteroatoms. The van der Waals surface area contributed by atoms with Crippen molar-refractivity contribution in [1.29, 1.82) is 0 Å². The van der Waals surface area contributed by atoms with E-state index in [1.54, 1.807) is 0 Å². The first-order valence-electron chi connectivity index (χ1n) is 14.3. The van der Waals surface area contributed by atoms with Crippen molar-refractivity contribution in [1.82, 2.24) is 25.0 Å². The predicted molar refractivity (Wildman–Crippen MR) is 150 cm³/mol. The van der Waals surface area contributed by atoms with Gasteiger partial charge in [-0.15, -0.1) is 0 Å². The van der Waals surface area contributed by atoms with Crippen LogP contribution in [0.15, 0.2) is 18.2 Å². The third-order valence-electron chi connectivity index (χ3n) is 8.99. The maximum Gasteiger partial charge on any atom is 0.228 e. The van der Waals surface area contributed by atoms with E-state index in [2.05, 4.69) is 15.2 Å². The summed E-state index contributed by atoms with van der Waals surface area (Å²) < 4.78 is 5.39. The number of carbonyl (C=O) groups is 3. The van der Waals surface area contributed by atoms with Crippen LogP contribution in [0.25, 0.3) is 10.9 Å². The highest BCUT2D eigenvalue weighted by molar-refractivity contribution is 6.31. The number of halogens is 1. The van der Waals surface area contributed by atoms with E-state index in [0.29, 0.717) is 57.3 Å². The lowest BCUT2D eigenvalue weighted by Crippen LogP contribution is -2.64. The fraction of sp³-hybridized carbons (Fsp3) is 0.621. The summed E-state index contributed by atoms with van der Waals surface area (Å²) in [5, 5.41) is 4.70. The number of benzene rings is 1. The third-order valence-corrected chi connectivity index (χ3v) is 9.23. The molecule has 3 aliphatic rings. The lowest BCUT2D eigenvalue weighted by molar-refractivity contribution is -0.164. The fourth-order valence-corrected chi connectivity index (χ4v) is 6.95.